The van der Waals surface area contributed by atoms with E-state index in [0.29, 0.717) is 22.3 Å². The van der Waals surface area contributed by atoms with Gasteiger partial charge < -0.3 is 19.7 Å². The number of amides is 2. The number of esters is 1. The van der Waals surface area contributed by atoms with Gasteiger partial charge in [-0.1, -0.05) is 40.2 Å². The zero-order chi connectivity index (χ0) is 30.2. The van der Waals surface area contributed by atoms with Crippen LogP contribution in [0.4, 0.5) is 17.1 Å². The lowest BCUT2D eigenvalue weighted by atomic mass is 10.0. The van der Waals surface area contributed by atoms with E-state index in [0.717, 1.165) is 54.1 Å². The number of hydrazine groups is 1. The summed E-state index contributed by atoms with van der Waals surface area (Å²) in [7, 11) is 2.79. The van der Waals surface area contributed by atoms with Crippen LogP contribution in [0, 0.1) is 6.92 Å². The zero-order valence-corrected chi connectivity index (χ0v) is 26.0. The van der Waals surface area contributed by atoms with Crippen molar-refractivity contribution in [2.45, 2.75) is 46.1 Å². The van der Waals surface area contributed by atoms with Crippen LogP contribution in [0.15, 0.2) is 59.1 Å². The molecule has 0 unspecified atom stereocenters. The molecule has 1 heterocycles. The van der Waals surface area contributed by atoms with Gasteiger partial charge in [0, 0.05) is 31.0 Å². The van der Waals surface area contributed by atoms with Crippen LogP contribution in [-0.2, 0) is 27.3 Å². The van der Waals surface area contributed by atoms with E-state index in [2.05, 4.69) is 37.6 Å². The second-order valence-corrected chi connectivity index (χ2v) is 11.1. The first-order chi connectivity index (χ1) is 20.2. The summed E-state index contributed by atoms with van der Waals surface area (Å²) in [5.41, 5.74) is 8.71. The molecule has 0 bridgehead atoms. The number of piperidine rings is 1. The predicted octanol–water partition coefficient (Wildman–Crippen LogP) is 5.78. The topological polar surface area (TPSA) is 100 Å². The summed E-state index contributed by atoms with van der Waals surface area (Å²) in [6.45, 7) is 5.76. The molecule has 3 aromatic carbocycles. The molecule has 0 radical (unpaired) electrons. The van der Waals surface area contributed by atoms with Gasteiger partial charge in [0.25, 0.3) is 0 Å². The molecule has 3 aromatic rings. The number of methoxy groups -OCH3 is 2. The Morgan fingerprint density at radius 2 is 1.71 bits per heavy atom. The number of para-hydroxylation sites is 1. The van der Waals surface area contributed by atoms with Crippen molar-refractivity contribution in [3.05, 3.63) is 81.3 Å². The Hall–Kier alpha value is -4.05. The molecule has 42 heavy (non-hydrogen) atoms. The van der Waals surface area contributed by atoms with E-state index >= 15 is 0 Å². The smallest absolute Gasteiger partial charge is 0.341 e. The van der Waals surface area contributed by atoms with Gasteiger partial charge in [-0.2, -0.15) is 0 Å². The normalized spacial score (nSPS) is 12.8. The molecular formula is C32H37BrN4O5. The molecule has 0 aromatic heterocycles. The summed E-state index contributed by atoms with van der Waals surface area (Å²) in [5, 5.41) is 4.42. The molecule has 0 spiro atoms. The van der Waals surface area contributed by atoms with E-state index in [4.69, 9.17) is 9.47 Å². The minimum atomic E-state index is -0.526. The molecule has 0 atom stereocenters. The lowest BCUT2D eigenvalue weighted by molar-refractivity contribution is -0.119. The first-order valence-corrected chi connectivity index (χ1v) is 14.7. The van der Waals surface area contributed by atoms with Crippen LogP contribution in [-0.4, -0.2) is 45.1 Å². The van der Waals surface area contributed by atoms with Crippen molar-refractivity contribution in [2.75, 3.05) is 42.6 Å². The van der Waals surface area contributed by atoms with Crippen molar-refractivity contribution in [3.8, 4) is 5.75 Å². The van der Waals surface area contributed by atoms with Gasteiger partial charge in [0.15, 0.2) is 0 Å². The first kappa shape index (κ1) is 30.9. The molecule has 0 aliphatic carbocycles. The fourth-order valence-corrected chi connectivity index (χ4v) is 5.51. The SMILES string of the molecule is COC(=O)c1cc(Br)c(CC(=O)N(Nc2ccc(CNC(C)=O)cc2)c2c(C)cccc2N2CCCCC2)cc1OC. The number of benzene rings is 3. The monoisotopic (exact) mass is 636 g/mol. The summed E-state index contributed by atoms with van der Waals surface area (Å²) in [6, 6.07) is 17.0. The van der Waals surface area contributed by atoms with Gasteiger partial charge in [-0.15, -0.1) is 0 Å². The number of ether oxygens (including phenoxy) is 2. The largest absolute Gasteiger partial charge is 0.496 e. The maximum atomic E-state index is 14.2. The molecule has 0 saturated carbocycles. The second-order valence-electron chi connectivity index (χ2n) is 10.3. The lowest BCUT2D eigenvalue weighted by Crippen LogP contribution is -2.40. The van der Waals surface area contributed by atoms with Crippen molar-refractivity contribution in [1.82, 2.24) is 5.32 Å². The highest BCUT2D eigenvalue weighted by molar-refractivity contribution is 9.10. The molecule has 1 saturated heterocycles. The summed E-state index contributed by atoms with van der Waals surface area (Å²) < 4.78 is 10.9. The number of carbonyl (C=O) groups excluding carboxylic acids is 3. The van der Waals surface area contributed by atoms with E-state index in [9.17, 15) is 14.4 Å². The van der Waals surface area contributed by atoms with Crippen molar-refractivity contribution < 1.29 is 23.9 Å². The minimum absolute atomic E-state index is 0.0276. The maximum absolute atomic E-state index is 14.2. The average molecular weight is 638 g/mol. The summed E-state index contributed by atoms with van der Waals surface area (Å²) in [5.74, 6) is -0.492. The van der Waals surface area contributed by atoms with Crippen LogP contribution in [0.3, 0.4) is 0 Å². The van der Waals surface area contributed by atoms with E-state index < -0.39 is 5.97 Å². The fraction of sp³-hybridized carbons (Fsp3) is 0.344. The number of aryl methyl sites for hydroxylation is 1. The number of anilines is 3. The van der Waals surface area contributed by atoms with Crippen LogP contribution in [0.25, 0.3) is 0 Å². The quantitative estimate of drug-likeness (QED) is 0.215. The van der Waals surface area contributed by atoms with Gasteiger partial charge in [0.05, 0.1) is 37.7 Å². The molecule has 2 N–H and O–H groups in total. The summed E-state index contributed by atoms with van der Waals surface area (Å²) in [6.07, 6.45) is 3.42. The van der Waals surface area contributed by atoms with Gasteiger partial charge in [0.2, 0.25) is 11.8 Å². The zero-order valence-electron chi connectivity index (χ0n) is 24.5. The highest BCUT2D eigenvalue weighted by Crippen LogP contribution is 2.36. The van der Waals surface area contributed by atoms with Crippen LogP contribution < -0.4 is 25.4 Å². The molecule has 2 amide bonds. The number of nitrogens with one attached hydrogen (secondary N) is 2. The molecule has 1 aliphatic rings. The van der Waals surface area contributed by atoms with Gasteiger partial charge in [0.1, 0.15) is 11.3 Å². The van der Waals surface area contributed by atoms with Crippen molar-refractivity contribution in [2.24, 2.45) is 0 Å². The average Bonchev–Trinajstić information content (AvgIpc) is 3.00. The Kier molecular flexibility index (Phi) is 10.5. The molecule has 1 fully saturated rings. The number of rotatable bonds is 10. The third-order valence-electron chi connectivity index (χ3n) is 7.24. The maximum Gasteiger partial charge on any atom is 0.341 e. The lowest BCUT2D eigenvalue weighted by Gasteiger charge is -2.35. The molecule has 9 nitrogen and oxygen atoms in total. The Labute approximate surface area is 255 Å². The van der Waals surface area contributed by atoms with Crippen LogP contribution in [0.2, 0.25) is 0 Å². The number of carbonyl (C=O) groups is 3. The minimum Gasteiger partial charge on any atom is -0.496 e. The second kappa shape index (κ2) is 14.2. The highest BCUT2D eigenvalue weighted by Gasteiger charge is 2.26. The number of hydrogen-bond donors (Lipinski definition) is 2. The summed E-state index contributed by atoms with van der Waals surface area (Å²) in [4.78, 5) is 40.2. The van der Waals surface area contributed by atoms with Crippen LogP contribution >= 0.6 is 15.9 Å². The Balaban J connectivity index is 1.72. The third kappa shape index (κ3) is 7.42. The van der Waals surface area contributed by atoms with E-state index in [1.54, 1.807) is 17.1 Å². The first-order valence-electron chi connectivity index (χ1n) is 13.9. The Morgan fingerprint density at radius 3 is 2.36 bits per heavy atom. The fourth-order valence-electron chi connectivity index (χ4n) is 5.03. The van der Waals surface area contributed by atoms with Crippen molar-refractivity contribution >= 4 is 50.8 Å². The van der Waals surface area contributed by atoms with Gasteiger partial charge >= 0.3 is 5.97 Å². The Morgan fingerprint density at radius 1 is 1.00 bits per heavy atom. The van der Waals surface area contributed by atoms with E-state index in [-0.39, 0.29) is 23.8 Å². The van der Waals surface area contributed by atoms with Crippen molar-refractivity contribution in [1.29, 1.82) is 0 Å². The highest BCUT2D eigenvalue weighted by atomic mass is 79.9. The number of nitrogens with zero attached hydrogens (tertiary/aromatic N) is 2. The van der Waals surface area contributed by atoms with E-state index in [1.807, 2.05) is 43.3 Å². The molecule has 222 valence electrons. The Bertz CT molecular complexity index is 1440. The van der Waals surface area contributed by atoms with Crippen LogP contribution in [0.1, 0.15) is 53.2 Å². The molecule has 1 aliphatic heterocycles. The van der Waals surface area contributed by atoms with Gasteiger partial charge in [-0.05, 0) is 73.2 Å². The molecule has 10 heteroatoms. The van der Waals surface area contributed by atoms with E-state index in [1.165, 1.54) is 27.6 Å². The predicted molar refractivity (Wildman–Crippen MR) is 168 cm³/mol. The van der Waals surface area contributed by atoms with Crippen molar-refractivity contribution in [3.63, 3.8) is 0 Å². The van der Waals surface area contributed by atoms with Gasteiger partial charge in [-0.25, -0.2) is 9.80 Å². The number of hydrogen-bond acceptors (Lipinski definition) is 7. The van der Waals surface area contributed by atoms with Gasteiger partial charge in [-0.3, -0.25) is 15.0 Å². The number of halogens is 1. The third-order valence-corrected chi connectivity index (χ3v) is 7.98. The molecular weight excluding hydrogens is 600 g/mol. The summed E-state index contributed by atoms with van der Waals surface area (Å²) >= 11 is 3.54. The standard InChI is InChI=1S/C32H37BrN4O5/c1-21-9-8-10-28(36-15-6-5-7-16-36)31(21)37(35-25-13-11-23(12-14-25)20-34-22(2)38)30(39)18-24-17-29(41-3)26(19-27(24)33)32(40)42-4/h8-14,17,19,35H,5-7,15-16,18,20H2,1-4H3,(H,34,38). The van der Waals surface area contributed by atoms with Crippen LogP contribution in [0.5, 0.6) is 5.75 Å². The molecule has 4 rings (SSSR count).